The third-order valence-corrected chi connectivity index (χ3v) is 6.33. The lowest BCUT2D eigenvalue weighted by molar-refractivity contribution is -0.136. The summed E-state index contributed by atoms with van der Waals surface area (Å²) >= 11 is 9.61. The summed E-state index contributed by atoms with van der Waals surface area (Å²) in [5.74, 6) is 0.0243. The van der Waals surface area contributed by atoms with Crippen molar-refractivity contribution in [2.45, 2.75) is 32.0 Å². The maximum absolute atomic E-state index is 12.7. The molecule has 3 aromatic carbocycles. The Kier molecular flexibility index (Phi) is 6.91. The average Bonchev–Trinajstić information content (AvgIpc) is 3.06. The second-order valence-corrected chi connectivity index (χ2v) is 9.08. The minimum Gasteiger partial charge on any atom is -0.481 e. The zero-order valence-corrected chi connectivity index (χ0v) is 20.0. The van der Waals surface area contributed by atoms with Crippen LogP contribution < -0.4 is 4.74 Å². The van der Waals surface area contributed by atoms with Crippen molar-refractivity contribution in [1.29, 1.82) is 0 Å². The fourth-order valence-corrected chi connectivity index (χ4v) is 4.39. The Bertz CT molecular complexity index is 1190. The molecule has 1 amide bonds. The van der Waals surface area contributed by atoms with Crippen molar-refractivity contribution >= 4 is 39.6 Å². The Hall–Kier alpha value is -3.03. The van der Waals surface area contributed by atoms with Gasteiger partial charge in [-0.15, -0.1) is 0 Å². The lowest BCUT2D eigenvalue weighted by Gasteiger charge is -2.22. The van der Waals surface area contributed by atoms with Crippen LogP contribution in [0.5, 0.6) is 11.5 Å². The summed E-state index contributed by atoms with van der Waals surface area (Å²) in [4.78, 5) is 25.5. The molecule has 1 heterocycles. The number of carboxylic acid groups (broad SMARTS) is 1. The number of halogens is 2. The molecule has 1 N–H and O–H groups in total. The molecule has 1 aliphatic rings. The van der Waals surface area contributed by atoms with E-state index in [-0.39, 0.29) is 25.1 Å². The number of ether oxygens (including phenoxy) is 2. The molecule has 1 saturated heterocycles. The van der Waals surface area contributed by atoms with Crippen LogP contribution in [0, 0.1) is 0 Å². The molecule has 0 saturated carbocycles. The van der Waals surface area contributed by atoms with Gasteiger partial charge in [0.05, 0.1) is 19.0 Å². The van der Waals surface area contributed by atoms with Crippen LogP contribution in [0.15, 0.2) is 71.2 Å². The van der Waals surface area contributed by atoms with Crippen LogP contribution in [-0.2, 0) is 22.5 Å². The van der Waals surface area contributed by atoms with E-state index in [9.17, 15) is 9.59 Å². The van der Waals surface area contributed by atoms with E-state index in [0.717, 1.165) is 15.6 Å². The summed E-state index contributed by atoms with van der Waals surface area (Å²) in [6.07, 6.45) is -0.955. The van der Waals surface area contributed by atoms with Gasteiger partial charge in [0.25, 0.3) is 0 Å². The van der Waals surface area contributed by atoms with Crippen LogP contribution in [0.1, 0.15) is 29.7 Å². The van der Waals surface area contributed by atoms with Gasteiger partial charge in [0, 0.05) is 15.1 Å². The molecule has 8 heteroatoms. The van der Waals surface area contributed by atoms with Crippen molar-refractivity contribution in [1.82, 2.24) is 4.90 Å². The molecular formula is C25H21BrClNO5. The molecular weight excluding hydrogens is 510 g/mol. The highest BCUT2D eigenvalue weighted by atomic mass is 79.9. The Morgan fingerprint density at radius 3 is 2.61 bits per heavy atom. The summed E-state index contributed by atoms with van der Waals surface area (Å²) in [6.45, 7) is 2.24. The van der Waals surface area contributed by atoms with Crippen LogP contribution >= 0.6 is 27.5 Å². The van der Waals surface area contributed by atoms with Gasteiger partial charge >= 0.3 is 12.1 Å². The second kappa shape index (κ2) is 9.85. The van der Waals surface area contributed by atoms with Crippen LogP contribution in [0.25, 0.3) is 0 Å². The van der Waals surface area contributed by atoms with Crippen molar-refractivity contribution < 1.29 is 24.2 Å². The van der Waals surface area contributed by atoms with E-state index in [1.54, 1.807) is 29.2 Å². The number of cyclic esters (lactones) is 1. The number of hydrogen-bond acceptors (Lipinski definition) is 4. The molecule has 0 radical (unpaired) electrons. The number of benzene rings is 3. The third-order valence-electron chi connectivity index (χ3n) is 5.47. The topological polar surface area (TPSA) is 76.1 Å². The molecule has 170 valence electrons. The fraction of sp³-hybridized carbons (Fsp3) is 0.200. The molecule has 0 spiro atoms. The van der Waals surface area contributed by atoms with Gasteiger partial charge in [-0.3, -0.25) is 9.69 Å². The first-order valence-electron chi connectivity index (χ1n) is 10.3. The molecule has 0 bridgehead atoms. The van der Waals surface area contributed by atoms with E-state index in [2.05, 4.69) is 15.9 Å². The van der Waals surface area contributed by atoms with Gasteiger partial charge in [0.15, 0.2) is 0 Å². The Balaban J connectivity index is 1.58. The standard InChI is InChI=1S/C25H21BrClNO5/c1-15-24(16-5-3-2-4-6-16)33-25(31)28(15)14-18-11-19(26)7-10-22(18)32-20-8-9-21(27)17(12-20)13-23(29)30/h2-12,15,24H,13-14H2,1H3,(H,29,30). The van der Waals surface area contributed by atoms with Crippen LogP contribution in [-0.4, -0.2) is 28.1 Å². The largest absolute Gasteiger partial charge is 0.481 e. The van der Waals surface area contributed by atoms with Gasteiger partial charge in [-0.05, 0) is 54.4 Å². The minimum absolute atomic E-state index is 0.176. The normalized spacial score (nSPS) is 17.7. The molecule has 3 aromatic rings. The maximum Gasteiger partial charge on any atom is 0.411 e. The van der Waals surface area contributed by atoms with E-state index in [1.807, 2.05) is 49.4 Å². The number of carboxylic acids is 1. The highest BCUT2D eigenvalue weighted by molar-refractivity contribution is 9.10. The molecule has 2 unspecified atom stereocenters. The highest BCUT2D eigenvalue weighted by Crippen LogP contribution is 2.36. The molecule has 0 aliphatic carbocycles. The van der Waals surface area contributed by atoms with E-state index in [4.69, 9.17) is 26.2 Å². The van der Waals surface area contributed by atoms with Crippen molar-refractivity contribution in [3.63, 3.8) is 0 Å². The predicted octanol–water partition coefficient (Wildman–Crippen LogP) is 6.60. The van der Waals surface area contributed by atoms with Crippen molar-refractivity contribution in [3.05, 3.63) is 92.9 Å². The Labute approximate surface area is 204 Å². The van der Waals surface area contributed by atoms with Gasteiger partial charge in [-0.1, -0.05) is 57.9 Å². The minimum atomic E-state index is -0.979. The molecule has 6 nitrogen and oxygen atoms in total. The zero-order valence-electron chi connectivity index (χ0n) is 17.7. The van der Waals surface area contributed by atoms with Crippen molar-refractivity contribution in [3.8, 4) is 11.5 Å². The number of rotatable bonds is 7. The summed E-state index contributed by atoms with van der Waals surface area (Å²) in [7, 11) is 0. The molecule has 4 rings (SSSR count). The predicted molar refractivity (Wildman–Crippen MR) is 128 cm³/mol. The first kappa shape index (κ1) is 23.1. The van der Waals surface area contributed by atoms with Crippen LogP contribution in [0.2, 0.25) is 5.02 Å². The van der Waals surface area contributed by atoms with E-state index in [1.165, 1.54) is 0 Å². The van der Waals surface area contributed by atoms with Crippen LogP contribution in [0.3, 0.4) is 0 Å². The first-order valence-corrected chi connectivity index (χ1v) is 11.5. The number of carbonyl (C=O) groups is 2. The smallest absolute Gasteiger partial charge is 0.411 e. The zero-order chi connectivity index (χ0) is 23.5. The van der Waals surface area contributed by atoms with E-state index >= 15 is 0 Å². The molecule has 2 atom stereocenters. The lowest BCUT2D eigenvalue weighted by atomic mass is 10.0. The quantitative estimate of drug-likeness (QED) is 0.372. The van der Waals surface area contributed by atoms with E-state index < -0.39 is 12.1 Å². The van der Waals surface area contributed by atoms with Crippen molar-refractivity contribution in [2.24, 2.45) is 0 Å². The number of carbonyl (C=O) groups excluding carboxylic acids is 1. The summed E-state index contributed by atoms with van der Waals surface area (Å²) in [5.41, 5.74) is 2.18. The Morgan fingerprint density at radius 1 is 1.12 bits per heavy atom. The lowest BCUT2D eigenvalue weighted by Crippen LogP contribution is -2.31. The molecule has 1 fully saturated rings. The van der Waals surface area contributed by atoms with Gasteiger partial charge in [0.2, 0.25) is 0 Å². The second-order valence-electron chi connectivity index (χ2n) is 7.76. The number of hydrogen-bond donors (Lipinski definition) is 1. The van der Waals surface area contributed by atoms with Gasteiger partial charge < -0.3 is 14.6 Å². The van der Waals surface area contributed by atoms with Gasteiger partial charge in [0.1, 0.15) is 17.6 Å². The van der Waals surface area contributed by atoms with Crippen molar-refractivity contribution in [2.75, 3.05) is 0 Å². The SMILES string of the molecule is CC1C(c2ccccc2)OC(=O)N1Cc1cc(Br)ccc1Oc1ccc(Cl)c(CC(=O)O)c1. The maximum atomic E-state index is 12.7. The average molecular weight is 531 g/mol. The third kappa shape index (κ3) is 5.31. The van der Waals surface area contributed by atoms with Gasteiger partial charge in [-0.2, -0.15) is 0 Å². The number of amides is 1. The highest BCUT2D eigenvalue weighted by Gasteiger charge is 2.39. The fourth-order valence-electron chi connectivity index (χ4n) is 3.80. The summed E-state index contributed by atoms with van der Waals surface area (Å²) in [6, 6.07) is 19.9. The molecule has 33 heavy (non-hydrogen) atoms. The first-order chi connectivity index (χ1) is 15.8. The Morgan fingerprint density at radius 2 is 1.88 bits per heavy atom. The van der Waals surface area contributed by atoms with E-state index in [0.29, 0.717) is 22.1 Å². The van der Waals surface area contributed by atoms with Gasteiger partial charge in [-0.25, -0.2) is 4.79 Å². The van der Waals surface area contributed by atoms with Crippen LogP contribution in [0.4, 0.5) is 4.79 Å². The number of aliphatic carboxylic acids is 1. The molecule has 1 aliphatic heterocycles. The number of nitrogens with zero attached hydrogens (tertiary/aromatic N) is 1. The monoisotopic (exact) mass is 529 g/mol. The molecule has 0 aromatic heterocycles. The summed E-state index contributed by atoms with van der Waals surface area (Å²) < 4.78 is 12.6. The summed E-state index contributed by atoms with van der Waals surface area (Å²) in [5, 5.41) is 9.47.